The second-order valence-corrected chi connectivity index (χ2v) is 7.37. The van der Waals surface area contributed by atoms with Gasteiger partial charge in [0, 0.05) is 38.8 Å². The van der Waals surface area contributed by atoms with Crippen molar-refractivity contribution in [3.8, 4) is 0 Å². The molecule has 2 aromatic rings. The second-order valence-electron chi connectivity index (χ2n) is 6.36. The van der Waals surface area contributed by atoms with Gasteiger partial charge in [-0.1, -0.05) is 17.4 Å². The molecule has 22 heavy (non-hydrogen) atoms. The summed E-state index contributed by atoms with van der Waals surface area (Å²) < 4.78 is 6.85. The molecule has 0 spiro atoms. The fourth-order valence-corrected chi connectivity index (χ4v) is 4.57. The lowest BCUT2D eigenvalue weighted by atomic mass is 10.2. The van der Waals surface area contributed by atoms with E-state index in [1.165, 1.54) is 34.8 Å². The summed E-state index contributed by atoms with van der Waals surface area (Å²) in [4.78, 5) is 9.93. The third-order valence-electron chi connectivity index (χ3n) is 4.76. The smallest absolute Gasteiger partial charge is 0.186 e. The summed E-state index contributed by atoms with van der Waals surface area (Å²) >= 11 is 1.83. The fourth-order valence-electron chi connectivity index (χ4n) is 3.46. The fraction of sp³-hybridized carbons (Fsp3) is 0.588. The number of rotatable bonds is 2. The number of nitrogens with zero attached hydrogens (tertiary/aromatic N) is 3. The van der Waals surface area contributed by atoms with Gasteiger partial charge in [0.25, 0.3) is 0 Å². The molecule has 0 aliphatic carbocycles. The number of anilines is 1. The number of aromatic nitrogens is 1. The van der Waals surface area contributed by atoms with Gasteiger partial charge in [-0.2, -0.15) is 0 Å². The average molecular weight is 317 g/mol. The molecule has 5 heteroatoms. The molecular weight excluding hydrogens is 294 g/mol. The monoisotopic (exact) mass is 317 g/mol. The molecule has 2 aliphatic rings. The third-order valence-corrected chi connectivity index (χ3v) is 5.83. The van der Waals surface area contributed by atoms with Crippen molar-refractivity contribution < 1.29 is 4.74 Å². The molecule has 0 radical (unpaired) electrons. The number of fused-ring (bicyclic) bond motifs is 1. The van der Waals surface area contributed by atoms with Gasteiger partial charge < -0.3 is 9.64 Å². The SMILES string of the molecule is Cc1ccc2nc(N3CCCN(C4CCOC4)CC3)sc2c1. The molecule has 118 valence electrons. The number of ether oxygens (including phenoxy) is 1. The minimum atomic E-state index is 0.637. The Hall–Kier alpha value is -1.17. The van der Waals surface area contributed by atoms with Crippen molar-refractivity contribution in [3.63, 3.8) is 0 Å². The Morgan fingerprint density at radius 1 is 1.23 bits per heavy atom. The Morgan fingerprint density at radius 3 is 3.05 bits per heavy atom. The molecule has 4 rings (SSSR count). The highest BCUT2D eigenvalue weighted by atomic mass is 32.1. The summed E-state index contributed by atoms with van der Waals surface area (Å²) in [7, 11) is 0. The zero-order valence-electron chi connectivity index (χ0n) is 13.1. The first-order valence-corrected chi connectivity index (χ1v) is 9.05. The van der Waals surface area contributed by atoms with Crippen molar-refractivity contribution in [2.24, 2.45) is 0 Å². The molecule has 0 N–H and O–H groups in total. The van der Waals surface area contributed by atoms with Crippen molar-refractivity contribution in [2.45, 2.75) is 25.8 Å². The molecule has 0 amide bonds. The molecule has 2 aliphatic heterocycles. The Labute approximate surface area is 135 Å². The second kappa shape index (κ2) is 6.14. The van der Waals surface area contributed by atoms with E-state index < -0.39 is 0 Å². The minimum absolute atomic E-state index is 0.637. The molecule has 1 unspecified atom stereocenters. The van der Waals surface area contributed by atoms with Crippen molar-refractivity contribution in [3.05, 3.63) is 23.8 Å². The summed E-state index contributed by atoms with van der Waals surface area (Å²) in [5, 5.41) is 1.19. The largest absolute Gasteiger partial charge is 0.380 e. The zero-order chi connectivity index (χ0) is 14.9. The van der Waals surface area contributed by atoms with E-state index in [1.807, 2.05) is 11.3 Å². The van der Waals surface area contributed by atoms with Crippen molar-refractivity contribution in [1.29, 1.82) is 0 Å². The van der Waals surface area contributed by atoms with Gasteiger partial charge in [0.05, 0.1) is 16.8 Å². The van der Waals surface area contributed by atoms with Crippen LogP contribution < -0.4 is 4.90 Å². The number of thiazole rings is 1. The first-order chi connectivity index (χ1) is 10.8. The van der Waals surface area contributed by atoms with Crippen molar-refractivity contribution in [2.75, 3.05) is 44.3 Å². The van der Waals surface area contributed by atoms with Crippen LogP contribution in [0.1, 0.15) is 18.4 Å². The summed E-state index contributed by atoms with van der Waals surface area (Å²) in [5.74, 6) is 0. The first-order valence-electron chi connectivity index (χ1n) is 8.23. The first kappa shape index (κ1) is 14.4. The molecular formula is C17H23N3OS. The van der Waals surface area contributed by atoms with E-state index in [1.54, 1.807) is 0 Å². The molecule has 3 heterocycles. The van der Waals surface area contributed by atoms with Crippen LogP contribution in [0.2, 0.25) is 0 Å². The molecule has 1 aromatic heterocycles. The van der Waals surface area contributed by atoms with Crippen LogP contribution in [0.5, 0.6) is 0 Å². The number of hydrogen-bond acceptors (Lipinski definition) is 5. The lowest BCUT2D eigenvalue weighted by molar-refractivity contribution is 0.148. The molecule has 0 bridgehead atoms. The van der Waals surface area contributed by atoms with E-state index in [-0.39, 0.29) is 0 Å². The molecule has 1 atom stereocenters. The molecule has 0 saturated carbocycles. The van der Waals surface area contributed by atoms with Crippen LogP contribution in [-0.2, 0) is 4.74 Å². The maximum atomic E-state index is 5.55. The van der Waals surface area contributed by atoms with Crippen LogP contribution in [0, 0.1) is 6.92 Å². The lowest BCUT2D eigenvalue weighted by Gasteiger charge is -2.26. The Bertz CT molecular complexity index is 650. The predicted octanol–water partition coefficient (Wildman–Crippen LogP) is 2.91. The number of aryl methyl sites for hydroxylation is 1. The molecule has 1 aromatic carbocycles. The van der Waals surface area contributed by atoms with Crippen LogP contribution >= 0.6 is 11.3 Å². The minimum Gasteiger partial charge on any atom is -0.380 e. The Kier molecular flexibility index (Phi) is 4.03. The highest BCUT2D eigenvalue weighted by molar-refractivity contribution is 7.22. The van der Waals surface area contributed by atoms with E-state index in [9.17, 15) is 0 Å². The highest BCUT2D eigenvalue weighted by Gasteiger charge is 2.26. The van der Waals surface area contributed by atoms with Crippen LogP contribution in [0.3, 0.4) is 0 Å². The van der Waals surface area contributed by atoms with Gasteiger partial charge in [0.1, 0.15) is 0 Å². The summed E-state index contributed by atoms with van der Waals surface area (Å²) in [6, 6.07) is 7.18. The van der Waals surface area contributed by atoms with Gasteiger partial charge >= 0.3 is 0 Å². The van der Waals surface area contributed by atoms with Crippen LogP contribution in [-0.4, -0.2) is 55.3 Å². The maximum absolute atomic E-state index is 5.55. The van der Waals surface area contributed by atoms with E-state index in [0.29, 0.717) is 6.04 Å². The molecule has 4 nitrogen and oxygen atoms in total. The van der Waals surface area contributed by atoms with Crippen molar-refractivity contribution in [1.82, 2.24) is 9.88 Å². The van der Waals surface area contributed by atoms with E-state index in [2.05, 4.69) is 34.9 Å². The van der Waals surface area contributed by atoms with Gasteiger partial charge in [-0.05, 0) is 37.5 Å². The van der Waals surface area contributed by atoms with Gasteiger partial charge in [-0.25, -0.2) is 4.98 Å². The van der Waals surface area contributed by atoms with Crippen LogP contribution in [0.15, 0.2) is 18.2 Å². The molecule has 2 fully saturated rings. The summed E-state index contributed by atoms with van der Waals surface area (Å²) in [6.45, 7) is 8.50. The summed E-state index contributed by atoms with van der Waals surface area (Å²) in [5.41, 5.74) is 2.45. The highest BCUT2D eigenvalue weighted by Crippen LogP contribution is 2.30. The van der Waals surface area contributed by atoms with Gasteiger partial charge in [-0.15, -0.1) is 0 Å². The van der Waals surface area contributed by atoms with E-state index in [0.717, 1.165) is 38.4 Å². The summed E-state index contributed by atoms with van der Waals surface area (Å²) in [6.07, 6.45) is 2.41. The standard InChI is InChI=1S/C17H23N3OS/c1-13-3-4-15-16(11-13)22-17(18-15)20-7-2-6-19(8-9-20)14-5-10-21-12-14/h3-4,11,14H,2,5-10,12H2,1H3. The van der Waals surface area contributed by atoms with Gasteiger partial charge in [0.15, 0.2) is 5.13 Å². The quantitative estimate of drug-likeness (QED) is 0.851. The zero-order valence-corrected chi connectivity index (χ0v) is 13.9. The number of hydrogen-bond donors (Lipinski definition) is 0. The maximum Gasteiger partial charge on any atom is 0.186 e. The van der Waals surface area contributed by atoms with E-state index in [4.69, 9.17) is 9.72 Å². The van der Waals surface area contributed by atoms with Gasteiger partial charge in [-0.3, -0.25) is 4.90 Å². The molecule has 2 saturated heterocycles. The van der Waals surface area contributed by atoms with Gasteiger partial charge in [0.2, 0.25) is 0 Å². The van der Waals surface area contributed by atoms with Crippen molar-refractivity contribution >= 4 is 26.7 Å². The van der Waals surface area contributed by atoms with Crippen LogP contribution in [0.4, 0.5) is 5.13 Å². The van der Waals surface area contributed by atoms with E-state index >= 15 is 0 Å². The Morgan fingerprint density at radius 2 is 2.18 bits per heavy atom. The topological polar surface area (TPSA) is 28.6 Å². The number of benzene rings is 1. The average Bonchev–Trinajstić information content (AvgIpc) is 3.12. The third kappa shape index (κ3) is 2.85. The Balaban J connectivity index is 1.49. The predicted molar refractivity (Wildman–Crippen MR) is 92.0 cm³/mol. The van der Waals surface area contributed by atoms with Crippen LogP contribution in [0.25, 0.3) is 10.2 Å². The normalized spacial score (nSPS) is 24.0. The lowest BCUT2D eigenvalue weighted by Crippen LogP contribution is -2.38.